The Morgan fingerprint density at radius 2 is 0.952 bits per heavy atom. The Kier molecular flexibility index (Phi) is 9.61. The molecule has 0 saturated carbocycles. The van der Waals surface area contributed by atoms with Gasteiger partial charge in [-0.15, -0.1) is 0 Å². The first-order chi connectivity index (χ1) is 20.2. The van der Waals surface area contributed by atoms with Crippen LogP contribution in [0.3, 0.4) is 0 Å². The van der Waals surface area contributed by atoms with E-state index in [2.05, 4.69) is 117 Å². The first kappa shape index (κ1) is 30.6. The highest BCUT2D eigenvalue weighted by molar-refractivity contribution is 5.53. The van der Waals surface area contributed by atoms with Crippen LogP contribution in [0, 0.1) is 0 Å². The number of unbranched alkanes of at least 4 members (excludes halogenated alkanes) is 1. The third kappa shape index (κ3) is 7.37. The van der Waals surface area contributed by atoms with E-state index in [9.17, 15) is 5.11 Å². The molecule has 5 heteroatoms. The van der Waals surface area contributed by atoms with Crippen molar-refractivity contribution in [1.29, 1.82) is 0 Å². The van der Waals surface area contributed by atoms with Crippen molar-refractivity contribution < 1.29 is 14.6 Å². The SMILES string of the molecule is CCCCN(CC1CO1)c1ccc(C(C)(C)c2ccc(C(C)(C)c3ccc(N(CCCO)CC4CO4)cc3)cc2)cc1. The average Bonchev–Trinajstić information content (AvgIpc) is 3.95. The molecule has 2 heterocycles. The number of aliphatic hydroxyl groups is 1. The Morgan fingerprint density at radius 3 is 1.26 bits per heavy atom. The van der Waals surface area contributed by atoms with Gasteiger partial charge in [0.15, 0.2) is 0 Å². The zero-order chi connectivity index (χ0) is 29.7. The van der Waals surface area contributed by atoms with Crippen LogP contribution in [0.2, 0.25) is 0 Å². The molecule has 0 bridgehead atoms. The minimum absolute atomic E-state index is 0.0972. The maximum atomic E-state index is 9.34. The molecule has 5 rings (SSSR count). The number of ether oxygens (including phenoxy) is 2. The number of anilines is 2. The van der Waals surface area contributed by atoms with E-state index in [1.165, 1.54) is 46.5 Å². The second-order valence-electron chi connectivity index (χ2n) is 13.2. The van der Waals surface area contributed by atoms with Crippen molar-refractivity contribution >= 4 is 11.4 Å². The van der Waals surface area contributed by atoms with Gasteiger partial charge in [-0.2, -0.15) is 0 Å². The summed E-state index contributed by atoms with van der Waals surface area (Å²) in [5.41, 5.74) is 7.52. The highest BCUT2D eigenvalue weighted by Crippen LogP contribution is 2.37. The normalized spacial score (nSPS) is 18.1. The highest BCUT2D eigenvalue weighted by atomic mass is 16.6. The molecule has 3 aromatic rings. The molecule has 0 aromatic heterocycles. The summed E-state index contributed by atoms with van der Waals surface area (Å²) in [6.45, 7) is 17.2. The van der Waals surface area contributed by atoms with Crippen LogP contribution >= 0.6 is 0 Å². The molecule has 226 valence electrons. The highest BCUT2D eigenvalue weighted by Gasteiger charge is 2.29. The molecule has 2 saturated heterocycles. The van der Waals surface area contributed by atoms with Crippen LogP contribution in [0.1, 0.15) is 76.1 Å². The van der Waals surface area contributed by atoms with Gasteiger partial charge in [-0.3, -0.25) is 0 Å². The Balaban J connectivity index is 1.28. The van der Waals surface area contributed by atoms with Crippen LogP contribution in [0.4, 0.5) is 11.4 Å². The molecule has 3 aromatic carbocycles. The molecule has 5 nitrogen and oxygen atoms in total. The Labute approximate surface area is 253 Å². The predicted molar refractivity (Wildman–Crippen MR) is 174 cm³/mol. The van der Waals surface area contributed by atoms with E-state index in [1.54, 1.807) is 0 Å². The first-order valence-electron chi connectivity index (χ1n) is 15.9. The van der Waals surface area contributed by atoms with Crippen LogP contribution in [0.15, 0.2) is 72.8 Å². The standard InChI is InChI=1S/C37H50N2O3/c1-6-7-21-38(24-34-26-41-34)32-17-13-30(14-18-32)36(2,3)28-9-11-29(12-10-28)37(4,5)31-15-19-33(20-16-31)39(22-8-23-40)25-35-27-42-35/h9-20,34-35,40H,6-8,21-27H2,1-5H3. The summed E-state index contributed by atoms with van der Waals surface area (Å²) in [5, 5.41) is 9.34. The molecule has 2 unspecified atom stereocenters. The lowest BCUT2D eigenvalue weighted by molar-refractivity contribution is 0.288. The lowest BCUT2D eigenvalue weighted by atomic mass is 9.74. The Morgan fingerprint density at radius 1 is 0.619 bits per heavy atom. The Bertz CT molecular complexity index is 1160. The molecule has 2 fully saturated rings. The van der Waals surface area contributed by atoms with Crippen LogP contribution in [-0.2, 0) is 20.3 Å². The molecule has 1 N–H and O–H groups in total. The molecule has 0 amide bonds. The van der Waals surface area contributed by atoms with Gasteiger partial charge in [-0.25, -0.2) is 0 Å². The largest absolute Gasteiger partial charge is 0.396 e. The van der Waals surface area contributed by atoms with Crippen molar-refractivity contribution in [1.82, 2.24) is 0 Å². The summed E-state index contributed by atoms with van der Waals surface area (Å²) in [5.74, 6) is 0. The Hall–Kier alpha value is -2.86. The van der Waals surface area contributed by atoms with Gasteiger partial charge in [0.2, 0.25) is 0 Å². The molecule has 42 heavy (non-hydrogen) atoms. The zero-order valence-electron chi connectivity index (χ0n) is 26.3. The fourth-order valence-corrected chi connectivity index (χ4v) is 5.92. The second kappa shape index (κ2) is 13.2. The molecule has 0 aliphatic carbocycles. The van der Waals surface area contributed by atoms with Gasteiger partial charge in [-0.05, 0) is 59.4 Å². The van der Waals surface area contributed by atoms with Crippen LogP contribution in [-0.4, -0.2) is 63.3 Å². The smallest absolute Gasteiger partial charge is 0.0984 e. The quantitative estimate of drug-likeness (QED) is 0.189. The van der Waals surface area contributed by atoms with E-state index in [-0.39, 0.29) is 17.4 Å². The minimum Gasteiger partial charge on any atom is -0.396 e. The lowest BCUT2D eigenvalue weighted by Crippen LogP contribution is -2.29. The third-order valence-electron chi connectivity index (χ3n) is 9.26. The molecular formula is C37H50N2O3. The summed E-state index contributed by atoms with van der Waals surface area (Å²) < 4.78 is 11.0. The molecule has 0 spiro atoms. The van der Waals surface area contributed by atoms with Crippen molar-refractivity contribution in [3.8, 4) is 0 Å². The van der Waals surface area contributed by atoms with Crippen LogP contribution in [0.25, 0.3) is 0 Å². The molecule has 2 aliphatic rings. The van der Waals surface area contributed by atoms with Crippen molar-refractivity contribution in [2.24, 2.45) is 0 Å². The fourth-order valence-electron chi connectivity index (χ4n) is 5.92. The zero-order valence-corrected chi connectivity index (χ0v) is 26.3. The van der Waals surface area contributed by atoms with E-state index in [1.807, 2.05) is 0 Å². The van der Waals surface area contributed by atoms with Gasteiger partial charge < -0.3 is 24.4 Å². The van der Waals surface area contributed by atoms with E-state index in [0.29, 0.717) is 12.2 Å². The summed E-state index contributed by atoms with van der Waals surface area (Å²) in [4.78, 5) is 4.81. The van der Waals surface area contributed by atoms with Crippen molar-refractivity contribution in [2.45, 2.75) is 76.9 Å². The maximum Gasteiger partial charge on any atom is 0.0984 e. The molecule has 0 radical (unpaired) electrons. The number of epoxide rings is 2. The van der Waals surface area contributed by atoms with Gasteiger partial charge in [0.1, 0.15) is 0 Å². The van der Waals surface area contributed by atoms with Gasteiger partial charge >= 0.3 is 0 Å². The third-order valence-corrected chi connectivity index (χ3v) is 9.26. The second-order valence-corrected chi connectivity index (χ2v) is 13.2. The first-order valence-corrected chi connectivity index (χ1v) is 15.9. The van der Waals surface area contributed by atoms with Crippen LogP contribution < -0.4 is 9.80 Å². The summed E-state index contributed by atoms with van der Waals surface area (Å²) in [6, 6.07) is 27.4. The number of aliphatic hydroxyl groups excluding tert-OH is 1. The number of nitrogens with zero attached hydrogens (tertiary/aromatic N) is 2. The minimum atomic E-state index is -0.119. The number of rotatable bonds is 16. The van der Waals surface area contributed by atoms with E-state index in [0.717, 1.165) is 45.8 Å². The van der Waals surface area contributed by atoms with E-state index in [4.69, 9.17) is 9.47 Å². The number of hydrogen-bond acceptors (Lipinski definition) is 5. The van der Waals surface area contributed by atoms with Crippen molar-refractivity contribution in [3.63, 3.8) is 0 Å². The van der Waals surface area contributed by atoms with Gasteiger partial charge in [0, 0.05) is 55.0 Å². The number of benzene rings is 3. The predicted octanol–water partition coefficient (Wildman–Crippen LogP) is 6.93. The summed E-state index contributed by atoms with van der Waals surface area (Å²) in [7, 11) is 0. The van der Waals surface area contributed by atoms with Gasteiger partial charge in [0.25, 0.3) is 0 Å². The van der Waals surface area contributed by atoms with Crippen molar-refractivity contribution in [2.75, 3.05) is 55.8 Å². The van der Waals surface area contributed by atoms with E-state index < -0.39 is 0 Å². The monoisotopic (exact) mass is 570 g/mol. The molecule has 2 aliphatic heterocycles. The fraction of sp³-hybridized carbons (Fsp3) is 0.514. The molecule has 2 atom stereocenters. The molecular weight excluding hydrogens is 520 g/mol. The topological polar surface area (TPSA) is 51.8 Å². The lowest BCUT2D eigenvalue weighted by Gasteiger charge is -2.31. The number of hydrogen-bond donors (Lipinski definition) is 1. The van der Waals surface area contributed by atoms with Crippen LogP contribution in [0.5, 0.6) is 0 Å². The average molecular weight is 571 g/mol. The summed E-state index contributed by atoms with van der Waals surface area (Å²) in [6.07, 6.45) is 3.88. The summed E-state index contributed by atoms with van der Waals surface area (Å²) >= 11 is 0. The maximum absolute atomic E-state index is 9.34. The van der Waals surface area contributed by atoms with Gasteiger partial charge in [0.05, 0.1) is 25.4 Å². The van der Waals surface area contributed by atoms with Crippen molar-refractivity contribution in [3.05, 3.63) is 95.1 Å². The van der Waals surface area contributed by atoms with E-state index >= 15 is 0 Å². The van der Waals surface area contributed by atoms with Gasteiger partial charge in [-0.1, -0.05) is 89.6 Å².